The van der Waals surface area contributed by atoms with Gasteiger partial charge in [-0.15, -0.1) is 0 Å². The van der Waals surface area contributed by atoms with Crippen LogP contribution in [0.2, 0.25) is 5.02 Å². The lowest BCUT2D eigenvalue weighted by Crippen LogP contribution is -2.15. The first-order valence-electron chi connectivity index (χ1n) is 6.13. The molecule has 2 aromatic rings. The first-order chi connectivity index (χ1) is 8.61. The number of nitrogens with zero attached hydrogens (tertiary/aromatic N) is 2. The predicted octanol–water partition coefficient (Wildman–Crippen LogP) is 2.88. The average Bonchev–Trinajstić information content (AvgIpc) is 2.70. The summed E-state index contributed by atoms with van der Waals surface area (Å²) in [4.78, 5) is 0. The number of nitrogens with two attached hydrogens (primary N) is 1. The van der Waals surface area contributed by atoms with Gasteiger partial charge in [-0.3, -0.25) is 4.68 Å². The van der Waals surface area contributed by atoms with Crippen LogP contribution in [-0.4, -0.2) is 9.78 Å². The smallest absolute Gasteiger partial charge is 0.0624 e. The molecule has 1 heterocycles. The Balaban J connectivity index is 2.18. The van der Waals surface area contributed by atoms with Crippen LogP contribution in [0.5, 0.6) is 0 Å². The molecule has 2 rings (SSSR count). The highest BCUT2D eigenvalue weighted by molar-refractivity contribution is 6.31. The number of benzene rings is 1. The van der Waals surface area contributed by atoms with Crippen LogP contribution in [-0.2, 0) is 19.9 Å². The van der Waals surface area contributed by atoms with Crippen molar-refractivity contribution in [1.82, 2.24) is 9.78 Å². The maximum atomic E-state index is 6.22. The Labute approximate surface area is 113 Å². The largest absolute Gasteiger partial charge is 0.324 e. The van der Waals surface area contributed by atoms with Crippen LogP contribution in [0.3, 0.4) is 0 Å². The second kappa shape index (κ2) is 5.55. The average molecular weight is 264 g/mol. The maximum absolute atomic E-state index is 6.22. The minimum absolute atomic E-state index is 0.0983. The van der Waals surface area contributed by atoms with Gasteiger partial charge in [-0.1, -0.05) is 36.7 Å². The number of aryl methyl sites for hydroxylation is 2. The Kier molecular flexibility index (Phi) is 4.04. The molecule has 96 valence electrons. The summed E-state index contributed by atoms with van der Waals surface area (Å²) < 4.78 is 1.90. The van der Waals surface area contributed by atoms with Crippen molar-refractivity contribution >= 4 is 11.6 Å². The quantitative estimate of drug-likeness (QED) is 0.922. The van der Waals surface area contributed by atoms with E-state index in [-0.39, 0.29) is 6.04 Å². The maximum Gasteiger partial charge on any atom is 0.0624 e. The molecule has 0 spiro atoms. The lowest BCUT2D eigenvalue weighted by Gasteiger charge is -2.13. The minimum atomic E-state index is -0.0983. The number of rotatable bonds is 4. The summed E-state index contributed by atoms with van der Waals surface area (Å²) in [6.45, 7) is 2.10. The first-order valence-corrected chi connectivity index (χ1v) is 6.51. The molecule has 0 aliphatic carbocycles. The first kappa shape index (κ1) is 13.1. The molecule has 1 unspecified atom stereocenters. The van der Waals surface area contributed by atoms with Crippen molar-refractivity contribution in [3.05, 3.63) is 52.3 Å². The molecule has 3 nitrogen and oxygen atoms in total. The highest BCUT2D eigenvalue weighted by atomic mass is 35.5. The van der Waals surface area contributed by atoms with E-state index < -0.39 is 0 Å². The lowest BCUT2D eigenvalue weighted by molar-refractivity contribution is 0.638. The second-order valence-electron chi connectivity index (χ2n) is 4.44. The van der Waals surface area contributed by atoms with E-state index in [4.69, 9.17) is 17.3 Å². The van der Waals surface area contributed by atoms with E-state index in [1.807, 2.05) is 36.0 Å². The van der Waals surface area contributed by atoms with Crippen LogP contribution in [0, 0.1) is 0 Å². The van der Waals surface area contributed by atoms with Gasteiger partial charge in [-0.05, 0) is 24.1 Å². The predicted molar refractivity (Wildman–Crippen MR) is 74.7 cm³/mol. The topological polar surface area (TPSA) is 43.8 Å². The Morgan fingerprint density at radius 3 is 2.72 bits per heavy atom. The standard InChI is InChI=1S/C14H18ClN3/c1-3-10-8-11(18(2)17-10)9-14(16)12-6-4-5-7-13(12)15/h4-8,14H,3,9,16H2,1-2H3. The minimum Gasteiger partial charge on any atom is -0.324 e. The Hall–Kier alpha value is -1.32. The zero-order valence-electron chi connectivity index (χ0n) is 10.7. The van der Waals surface area contributed by atoms with Gasteiger partial charge in [0.25, 0.3) is 0 Å². The van der Waals surface area contributed by atoms with Crippen molar-refractivity contribution < 1.29 is 0 Å². The number of hydrogen-bond donors (Lipinski definition) is 1. The third-order valence-corrected chi connectivity index (χ3v) is 3.47. The number of halogens is 1. The highest BCUT2D eigenvalue weighted by Crippen LogP contribution is 2.23. The van der Waals surface area contributed by atoms with Gasteiger partial charge >= 0.3 is 0 Å². The van der Waals surface area contributed by atoms with Crippen LogP contribution >= 0.6 is 11.6 Å². The van der Waals surface area contributed by atoms with Gasteiger partial charge in [0.05, 0.1) is 5.69 Å². The molecule has 1 aromatic carbocycles. The summed E-state index contributed by atoms with van der Waals surface area (Å²) in [6, 6.07) is 9.73. The van der Waals surface area contributed by atoms with Gasteiger partial charge in [0.1, 0.15) is 0 Å². The van der Waals surface area contributed by atoms with Gasteiger partial charge < -0.3 is 5.73 Å². The molecule has 0 aliphatic rings. The zero-order valence-corrected chi connectivity index (χ0v) is 11.5. The molecule has 1 aromatic heterocycles. The van der Waals surface area contributed by atoms with E-state index in [2.05, 4.69) is 18.1 Å². The normalized spacial score (nSPS) is 12.7. The fraction of sp³-hybridized carbons (Fsp3) is 0.357. The van der Waals surface area contributed by atoms with E-state index in [9.17, 15) is 0 Å². The molecule has 0 saturated carbocycles. The van der Waals surface area contributed by atoms with Gasteiger partial charge in [0.2, 0.25) is 0 Å². The molecule has 0 saturated heterocycles. The van der Waals surface area contributed by atoms with Gasteiger partial charge in [-0.25, -0.2) is 0 Å². The van der Waals surface area contributed by atoms with Crippen molar-refractivity contribution in [3.63, 3.8) is 0 Å². The highest BCUT2D eigenvalue weighted by Gasteiger charge is 2.13. The number of aromatic nitrogens is 2. The summed E-state index contributed by atoms with van der Waals surface area (Å²) in [5.41, 5.74) is 9.44. The molecule has 1 atom stereocenters. The van der Waals surface area contributed by atoms with Gasteiger partial charge in [0, 0.05) is 30.2 Å². The fourth-order valence-electron chi connectivity index (χ4n) is 2.05. The molecule has 0 amide bonds. The molecule has 0 fully saturated rings. The third-order valence-electron chi connectivity index (χ3n) is 3.12. The van der Waals surface area contributed by atoms with E-state index in [0.717, 1.165) is 34.8 Å². The summed E-state index contributed by atoms with van der Waals surface area (Å²) >= 11 is 6.16. The summed E-state index contributed by atoms with van der Waals surface area (Å²) in [7, 11) is 1.95. The second-order valence-corrected chi connectivity index (χ2v) is 4.84. The van der Waals surface area contributed by atoms with Crippen molar-refractivity contribution in [2.45, 2.75) is 25.8 Å². The van der Waals surface area contributed by atoms with Crippen LogP contribution in [0.4, 0.5) is 0 Å². The molecule has 0 bridgehead atoms. The molecule has 2 N–H and O–H groups in total. The Morgan fingerprint density at radius 2 is 2.11 bits per heavy atom. The number of hydrogen-bond acceptors (Lipinski definition) is 2. The monoisotopic (exact) mass is 263 g/mol. The van der Waals surface area contributed by atoms with Crippen molar-refractivity contribution in [3.8, 4) is 0 Å². The Bertz CT molecular complexity index is 534. The zero-order chi connectivity index (χ0) is 13.1. The molecule has 4 heteroatoms. The van der Waals surface area contributed by atoms with Crippen LogP contribution in [0.15, 0.2) is 30.3 Å². The lowest BCUT2D eigenvalue weighted by atomic mass is 10.0. The van der Waals surface area contributed by atoms with Crippen molar-refractivity contribution in [2.24, 2.45) is 12.8 Å². The van der Waals surface area contributed by atoms with E-state index in [1.54, 1.807) is 0 Å². The molecule has 18 heavy (non-hydrogen) atoms. The summed E-state index contributed by atoms with van der Waals surface area (Å²) in [5.74, 6) is 0. The van der Waals surface area contributed by atoms with Crippen LogP contribution in [0.25, 0.3) is 0 Å². The molecule has 0 aliphatic heterocycles. The van der Waals surface area contributed by atoms with Crippen LogP contribution < -0.4 is 5.73 Å². The SMILES string of the molecule is CCc1cc(CC(N)c2ccccc2Cl)n(C)n1. The van der Waals surface area contributed by atoms with Gasteiger partial charge in [0.15, 0.2) is 0 Å². The molecular weight excluding hydrogens is 246 g/mol. The Morgan fingerprint density at radius 1 is 1.39 bits per heavy atom. The van der Waals surface area contributed by atoms with Gasteiger partial charge in [-0.2, -0.15) is 5.10 Å². The van der Waals surface area contributed by atoms with Crippen molar-refractivity contribution in [1.29, 1.82) is 0 Å². The van der Waals surface area contributed by atoms with E-state index in [1.165, 1.54) is 0 Å². The fourth-order valence-corrected chi connectivity index (χ4v) is 2.32. The van der Waals surface area contributed by atoms with E-state index >= 15 is 0 Å². The summed E-state index contributed by atoms with van der Waals surface area (Å²) in [5, 5.41) is 5.15. The van der Waals surface area contributed by atoms with Crippen molar-refractivity contribution in [2.75, 3.05) is 0 Å². The molecule has 0 radical (unpaired) electrons. The summed E-state index contributed by atoms with van der Waals surface area (Å²) in [6.07, 6.45) is 1.68. The van der Waals surface area contributed by atoms with E-state index in [0.29, 0.717) is 0 Å². The van der Waals surface area contributed by atoms with Crippen LogP contribution in [0.1, 0.15) is 29.9 Å². The third kappa shape index (κ3) is 2.74. The molecular formula is C14H18ClN3.